The van der Waals surface area contributed by atoms with E-state index in [4.69, 9.17) is 0 Å². The van der Waals surface area contributed by atoms with E-state index in [2.05, 4.69) is 17.0 Å². The van der Waals surface area contributed by atoms with Gasteiger partial charge in [0.15, 0.2) is 0 Å². The molecule has 0 spiro atoms. The van der Waals surface area contributed by atoms with Crippen LogP contribution in [0.25, 0.3) is 16.8 Å². The van der Waals surface area contributed by atoms with Crippen molar-refractivity contribution in [2.45, 2.75) is 26.3 Å². The van der Waals surface area contributed by atoms with Crippen LogP contribution in [-0.4, -0.2) is 19.2 Å². The molecule has 3 aromatic heterocycles. The van der Waals surface area contributed by atoms with Crippen LogP contribution in [0.15, 0.2) is 47.8 Å². The van der Waals surface area contributed by atoms with Crippen LogP contribution in [-0.2, 0) is 6.54 Å². The average molecular weight is 268 g/mol. The summed E-state index contributed by atoms with van der Waals surface area (Å²) in [5, 5.41) is 4.43. The third-order valence-electron chi connectivity index (χ3n) is 3.31. The number of fused-ring (bicyclic) bond motifs is 1. The topological polar surface area (TPSA) is 52.2 Å². The third kappa shape index (κ3) is 2.22. The van der Waals surface area contributed by atoms with E-state index in [0.29, 0.717) is 5.52 Å². The molecule has 0 aliphatic heterocycles. The van der Waals surface area contributed by atoms with Gasteiger partial charge in [-0.3, -0.25) is 9.78 Å². The first-order chi connectivity index (χ1) is 9.79. The van der Waals surface area contributed by atoms with Gasteiger partial charge in [-0.1, -0.05) is 13.3 Å². The lowest BCUT2D eigenvalue weighted by atomic mass is 10.2. The van der Waals surface area contributed by atoms with Crippen molar-refractivity contribution < 1.29 is 0 Å². The lowest BCUT2D eigenvalue weighted by Gasteiger charge is -2.03. The van der Waals surface area contributed by atoms with Crippen molar-refractivity contribution in [3.63, 3.8) is 0 Å². The second-order valence-electron chi connectivity index (χ2n) is 4.75. The molecule has 0 N–H and O–H groups in total. The van der Waals surface area contributed by atoms with Crippen molar-refractivity contribution in [3.05, 3.63) is 53.3 Å². The molecular weight excluding hydrogens is 252 g/mol. The molecule has 3 rings (SSSR count). The van der Waals surface area contributed by atoms with Gasteiger partial charge < -0.3 is 4.57 Å². The number of rotatable bonds is 4. The highest BCUT2D eigenvalue weighted by atomic mass is 16.1. The number of hydrogen-bond donors (Lipinski definition) is 0. The summed E-state index contributed by atoms with van der Waals surface area (Å²) in [5.41, 5.74) is 2.28. The van der Waals surface area contributed by atoms with Crippen molar-refractivity contribution in [2.24, 2.45) is 0 Å². The second kappa shape index (κ2) is 5.28. The highest BCUT2D eigenvalue weighted by Crippen LogP contribution is 2.16. The summed E-state index contributed by atoms with van der Waals surface area (Å²) in [5.74, 6) is 0. The summed E-state index contributed by atoms with van der Waals surface area (Å²) in [7, 11) is 0. The van der Waals surface area contributed by atoms with Gasteiger partial charge >= 0.3 is 0 Å². The van der Waals surface area contributed by atoms with Gasteiger partial charge in [-0.15, -0.1) is 0 Å². The highest BCUT2D eigenvalue weighted by Gasteiger charge is 2.08. The summed E-state index contributed by atoms with van der Waals surface area (Å²) >= 11 is 0. The lowest BCUT2D eigenvalue weighted by Crippen LogP contribution is -2.21. The molecule has 102 valence electrons. The van der Waals surface area contributed by atoms with Crippen LogP contribution in [0.4, 0.5) is 0 Å². The molecule has 0 saturated carbocycles. The Morgan fingerprint density at radius 1 is 1.30 bits per heavy atom. The first-order valence-electron chi connectivity index (χ1n) is 6.79. The van der Waals surface area contributed by atoms with E-state index in [1.54, 1.807) is 27.7 Å². The van der Waals surface area contributed by atoms with E-state index >= 15 is 0 Å². The first-order valence-corrected chi connectivity index (χ1v) is 6.79. The van der Waals surface area contributed by atoms with Crippen LogP contribution in [0.5, 0.6) is 0 Å². The fourth-order valence-electron chi connectivity index (χ4n) is 2.19. The van der Waals surface area contributed by atoms with Crippen LogP contribution < -0.4 is 5.56 Å². The molecule has 3 heterocycles. The lowest BCUT2D eigenvalue weighted by molar-refractivity contribution is 0.609. The van der Waals surface area contributed by atoms with Crippen molar-refractivity contribution in [2.75, 3.05) is 0 Å². The van der Waals surface area contributed by atoms with Crippen LogP contribution in [0.3, 0.4) is 0 Å². The van der Waals surface area contributed by atoms with Crippen molar-refractivity contribution in [1.29, 1.82) is 0 Å². The molecule has 0 bridgehead atoms. The highest BCUT2D eigenvalue weighted by molar-refractivity contribution is 5.64. The Balaban J connectivity index is 2.08. The fourth-order valence-corrected chi connectivity index (χ4v) is 2.19. The smallest absolute Gasteiger partial charge is 0.276 e. The Labute approximate surface area is 116 Å². The van der Waals surface area contributed by atoms with Gasteiger partial charge in [0.25, 0.3) is 5.56 Å². The van der Waals surface area contributed by atoms with Gasteiger partial charge in [0.1, 0.15) is 5.52 Å². The molecule has 3 aromatic rings. The molecule has 0 radical (unpaired) electrons. The summed E-state index contributed by atoms with van der Waals surface area (Å²) < 4.78 is 3.38. The molecule has 20 heavy (non-hydrogen) atoms. The number of hydrogen-bond acceptors (Lipinski definition) is 3. The Morgan fingerprint density at radius 2 is 2.20 bits per heavy atom. The van der Waals surface area contributed by atoms with Crippen LogP contribution in [0.1, 0.15) is 19.8 Å². The van der Waals surface area contributed by atoms with Gasteiger partial charge in [-0.05, 0) is 24.6 Å². The molecule has 0 saturated heterocycles. The predicted octanol–water partition coefficient (Wildman–Crippen LogP) is 2.36. The van der Waals surface area contributed by atoms with Crippen molar-refractivity contribution in [3.8, 4) is 11.3 Å². The van der Waals surface area contributed by atoms with E-state index in [1.807, 2.05) is 24.4 Å². The molecule has 0 fully saturated rings. The molecule has 0 aromatic carbocycles. The molecular formula is C15H16N4O. The number of aryl methyl sites for hydroxylation is 1. The number of unbranched alkanes of at least 4 members (excludes halogenated alkanes) is 1. The minimum absolute atomic E-state index is 0.00332. The maximum Gasteiger partial charge on any atom is 0.276 e. The SMILES string of the molecule is CCCCn1ccn2nc(-c3cccnc3)cc2c1=O. The zero-order valence-electron chi connectivity index (χ0n) is 11.4. The largest absolute Gasteiger partial charge is 0.312 e. The van der Waals surface area contributed by atoms with Gasteiger partial charge in [0.05, 0.1) is 5.69 Å². The number of nitrogens with zero attached hydrogens (tertiary/aromatic N) is 4. The third-order valence-corrected chi connectivity index (χ3v) is 3.31. The summed E-state index contributed by atoms with van der Waals surface area (Å²) in [6, 6.07) is 5.62. The standard InChI is InChI=1S/C15H16N4O/c1-2-3-7-18-8-9-19-14(15(18)20)10-13(17-19)12-5-4-6-16-11-12/h4-6,8-11H,2-3,7H2,1H3. The predicted molar refractivity (Wildman–Crippen MR) is 77.6 cm³/mol. The maximum atomic E-state index is 12.4. The van der Waals surface area contributed by atoms with Crippen LogP contribution in [0.2, 0.25) is 0 Å². The molecule has 0 atom stereocenters. The molecule has 0 aliphatic rings. The van der Waals surface area contributed by atoms with Crippen molar-refractivity contribution >= 4 is 5.52 Å². The molecule has 0 amide bonds. The first kappa shape index (κ1) is 12.6. The maximum absolute atomic E-state index is 12.4. The molecule has 0 unspecified atom stereocenters. The van der Waals surface area contributed by atoms with Gasteiger partial charge in [0, 0.05) is 36.9 Å². The second-order valence-corrected chi connectivity index (χ2v) is 4.75. The minimum Gasteiger partial charge on any atom is -0.312 e. The van der Waals surface area contributed by atoms with Gasteiger partial charge in [-0.2, -0.15) is 5.10 Å². The summed E-state index contributed by atoms with van der Waals surface area (Å²) in [6.45, 7) is 2.86. The quantitative estimate of drug-likeness (QED) is 0.730. The van der Waals surface area contributed by atoms with Gasteiger partial charge in [-0.25, -0.2) is 4.52 Å². The van der Waals surface area contributed by atoms with Crippen LogP contribution >= 0.6 is 0 Å². The molecule has 0 aliphatic carbocycles. The minimum atomic E-state index is 0.00332. The van der Waals surface area contributed by atoms with Crippen molar-refractivity contribution in [1.82, 2.24) is 19.2 Å². The average Bonchev–Trinajstić information content (AvgIpc) is 2.93. The monoisotopic (exact) mass is 268 g/mol. The number of pyridine rings is 1. The zero-order valence-corrected chi connectivity index (χ0v) is 11.4. The zero-order chi connectivity index (χ0) is 13.9. The normalized spacial score (nSPS) is 11.1. The Morgan fingerprint density at radius 3 is 2.95 bits per heavy atom. The Hall–Kier alpha value is -2.43. The number of aromatic nitrogens is 4. The van der Waals surface area contributed by atoms with Crippen LogP contribution in [0, 0.1) is 0 Å². The van der Waals surface area contributed by atoms with Gasteiger partial charge in [0.2, 0.25) is 0 Å². The summed E-state index contributed by atoms with van der Waals surface area (Å²) in [4.78, 5) is 16.4. The molecule has 5 nitrogen and oxygen atoms in total. The molecule has 5 heteroatoms. The van der Waals surface area contributed by atoms with E-state index in [1.165, 1.54) is 0 Å². The summed E-state index contributed by atoms with van der Waals surface area (Å²) in [6.07, 6.45) is 9.16. The Kier molecular flexibility index (Phi) is 3.33. The van der Waals surface area contributed by atoms with E-state index in [-0.39, 0.29) is 5.56 Å². The van der Waals surface area contributed by atoms with E-state index in [0.717, 1.165) is 30.6 Å². The fraction of sp³-hybridized carbons (Fsp3) is 0.267. The van der Waals surface area contributed by atoms with E-state index < -0.39 is 0 Å². The Bertz CT molecular complexity index is 773. The van der Waals surface area contributed by atoms with E-state index in [9.17, 15) is 4.79 Å².